The summed E-state index contributed by atoms with van der Waals surface area (Å²) in [4.78, 5) is 12.3. The van der Waals surface area contributed by atoms with E-state index in [2.05, 4.69) is 41.6 Å². The lowest BCUT2D eigenvalue weighted by atomic mass is 9.92. The molecule has 2 unspecified atom stereocenters. The van der Waals surface area contributed by atoms with Crippen LogP contribution in [0.15, 0.2) is 6.07 Å². The minimum atomic E-state index is -0.162. The van der Waals surface area contributed by atoms with Gasteiger partial charge in [-0.25, -0.2) is 0 Å². The highest BCUT2D eigenvalue weighted by Crippen LogP contribution is 2.23. The molecular formula is C14H24N4O2. The van der Waals surface area contributed by atoms with Gasteiger partial charge in [0.2, 0.25) is 5.91 Å². The van der Waals surface area contributed by atoms with E-state index < -0.39 is 0 Å². The first-order chi connectivity index (χ1) is 9.41. The molecule has 0 aromatic carbocycles. The van der Waals surface area contributed by atoms with Crippen LogP contribution in [0.5, 0.6) is 0 Å². The molecule has 1 fully saturated rings. The number of carbonyl (C=O) groups is 1. The number of likely N-dealkylation sites (N-methyl/N-ethyl adjacent to an activating group) is 1. The summed E-state index contributed by atoms with van der Waals surface area (Å²) in [5.74, 6) is 0.368. The van der Waals surface area contributed by atoms with E-state index in [0.29, 0.717) is 19.0 Å². The molecule has 6 heteroatoms. The van der Waals surface area contributed by atoms with Crippen molar-refractivity contribution >= 4 is 11.7 Å². The first-order valence-corrected chi connectivity index (χ1v) is 7.09. The summed E-state index contributed by atoms with van der Waals surface area (Å²) < 4.78 is 5.39. The third kappa shape index (κ3) is 3.37. The van der Waals surface area contributed by atoms with E-state index >= 15 is 0 Å². The van der Waals surface area contributed by atoms with Gasteiger partial charge < -0.3 is 15.4 Å². The van der Waals surface area contributed by atoms with Gasteiger partial charge in [0.15, 0.2) is 5.82 Å². The van der Waals surface area contributed by atoms with E-state index in [0.717, 1.165) is 12.2 Å². The van der Waals surface area contributed by atoms with Gasteiger partial charge in [-0.2, -0.15) is 5.10 Å². The molecule has 0 bridgehead atoms. The van der Waals surface area contributed by atoms with Crippen LogP contribution in [-0.2, 0) is 14.9 Å². The molecule has 1 amide bonds. The Labute approximate surface area is 119 Å². The minimum Gasteiger partial charge on any atom is -0.379 e. The lowest BCUT2D eigenvalue weighted by Crippen LogP contribution is -2.41. The highest BCUT2D eigenvalue weighted by atomic mass is 16.5. The van der Waals surface area contributed by atoms with Crippen LogP contribution in [0.4, 0.5) is 5.82 Å². The number of aromatic nitrogens is 2. The second kappa shape index (κ2) is 5.93. The molecule has 1 aliphatic rings. The number of rotatable bonds is 4. The van der Waals surface area contributed by atoms with E-state index in [-0.39, 0.29) is 23.3 Å². The summed E-state index contributed by atoms with van der Waals surface area (Å²) in [5, 5.41) is 13.3. The average molecular weight is 280 g/mol. The summed E-state index contributed by atoms with van der Waals surface area (Å²) in [6, 6.07) is 1.97. The number of ether oxygens (including phenoxy) is 1. The summed E-state index contributed by atoms with van der Waals surface area (Å²) in [7, 11) is 0. The third-order valence-electron chi connectivity index (χ3n) is 3.52. The summed E-state index contributed by atoms with van der Waals surface area (Å²) in [5.41, 5.74) is 0.984. The number of hydrogen-bond donors (Lipinski definition) is 3. The minimum absolute atomic E-state index is 0.0151. The molecule has 1 aromatic heterocycles. The molecule has 0 aliphatic carbocycles. The van der Waals surface area contributed by atoms with Gasteiger partial charge in [-0.3, -0.25) is 9.89 Å². The molecule has 2 rings (SSSR count). The third-order valence-corrected chi connectivity index (χ3v) is 3.52. The van der Waals surface area contributed by atoms with Crippen molar-refractivity contribution in [3.63, 3.8) is 0 Å². The second-order valence-electron chi connectivity index (χ2n) is 6.21. The van der Waals surface area contributed by atoms with Crippen molar-refractivity contribution in [1.82, 2.24) is 15.5 Å². The number of anilines is 1. The Kier molecular flexibility index (Phi) is 4.45. The Balaban J connectivity index is 1.99. The predicted molar refractivity (Wildman–Crippen MR) is 77.7 cm³/mol. The zero-order chi connectivity index (χ0) is 14.8. The maximum atomic E-state index is 12.3. The summed E-state index contributed by atoms with van der Waals surface area (Å²) >= 11 is 0. The molecule has 6 nitrogen and oxygen atoms in total. The molecule has 2 atom stereocenters. The Morgan fingerprint density at radius 2 is 2.25 bits per heavy atom. The Hall–Kier alpha value is -1.40. The number of amides is 1. The molecule has 1 aromatic rings. The summed E-state index contributed by atoms with van der Waals surface area (Å²) in [6.45, 7) is 10.2. The Morgan fingerprint density at radius 1 is 1.50 bits per heavy atom. The first-order valence-electron chi connectivity index (χ1n) is 7.09. The molecule has 20 heavy (non-hydrogen) atoms. The number of carbonyl (C=O) groups excluding carboxylic acids is 1. The number of aromatic amines is 1. The molecule has 0 spiro atoms. The van der Waals surface area contributed by atoms with Crippen molar-refractivity contribution in [1.29, 1.82) is 0 Å². The van der Waals surface area contributed by atoms with Crippen LogP contribution >= 0.6 is 0 Å². The van der Waals surface area contributed by atoms with Crippen molar-refractivity contribution in [2.75, 3.05) is 25.1 Å². The molecular weight excluding hydrogens is 256 g/mol. The van der Waals surface area contributed by atoms with Crippen molar-refractivity contribution in [3.05, 3.63) is 11.8 Å². The van der Waals surface area contributed by atoms with Crippen LogP contribution in [0.25, 0.3) is 0 Å². The van der Waals surface area contributed by atoms with Gasteiger partial charge in [-0.15, -0.1) is 0 Å². The maximum absolute atomic E-state index is 12.3. The fourth-order valence-electron chi connectivity index (χ4n) is 2.26. The van der Waals surface area contributed by atoms with Crippen LogP contribution in [-0.4, -0.2) is 41.9 Å². The van der Waals surface area contributed by atoms with Gasteiger partial charge in [-0.05, 0) is 6.54 Å². The molecule has 0 radical (unpaired) electrons. The molecule has 0 saturated carbocycles. The standard InChI is InChI=1S/C14H24N4O2/c1-5-15-10-8-20-7-9(10)13(19)16-12-6-11(17-18-12)14(2,3)4/h6,9-10,15H,5,7-8H2,1-4H3,(H2,16,17,18,19). The molecule has 112 valence electrons. The normalized spacial score (nSPS) is 23.0. The van der Waals surface area contributed by atoms with Gasteiger partial charge in [0.25, 0.3) is 0 Å². The van der Waals surface area contributed by atoms with Crippen LogP contribution in [0.3, 0.4) is 0 Å². The van der Waals surface area contributed by atoms with E-state index in [1.165, 1.54) is 0 Å². The molecule has 1 saturated heterocycles. The molecule has 2 heterocycles. The lowest BCUT2D eigenvalue weighted by molar-refractivity contribution is -0.120. The zero-order valence-corrected chi connectivity index (χ0v) is 12.6. The average Bonchev–Trinajstić information content (AvgIpc) is 2.97. The fourth-order valence-corrected chi connectivity index (χ4v) is 2.26. The van der Waals surface area contributed by atoms with Crippen LogP contribution in [0, 0.1) is 5.92 Å². The highest BCUT2D eigenvalue weighted by molar-refractivity contribution is 5.92. The van der Waals surface area contributed by atoms with Gasteiger partial charge in [-0.1, -0.05) is 27.7 Å². The van der Waals surface area contributed by atoms with Crippen LogP contribution in [0.1, 0.15) is 33.4 Å². The topological polar surface area (TPSA) is 79.0 Å². The van der Waals surface area contributed by atoms with Gasteiger partial charge >= 0.3 is 0 Å². The summed E-state index contributed by atoms with van der Waals surface area (Å²) in [6.07, 6.45) is 0. The highest BCUT2D eigenvalue weighted by Gasteiger charge is 2.33. The van der Waals surface area contributed by atoms with Crippen molar-refractivity contribution in [2.45, 2.75) is 39.2 Å². The number of nitrogens with zero attached hydrogens (tertiary/aromatic N) is 1. The SMILES string of the molecule is CCNC1COCC1C(=O)Nc1cc(C(C)(C)C)[nH]n1. The van der Waals surface area contributed by atoms with Gasteiger partial charge in [0.1, 0.15) is 0 Å². The largest absolute Gasteiger partial charge is 0.379 e. The first kappa shape index (κ1) is 15.0. The van der Waals surface area contributed by atoms with Gasteiger partial charge in [0, 0.05) is 23.2 Å². The zero-order valence-electron chi connectivity index (χ0n) is 12.6. The Morgan fingerprint density at radius 3 is 2.85 bits per heavy atom. The number of hydrogen-bond acceptors (Lipinski definition) is 4. The lowest BCUT2D eigenvalue weighted by Gasteiger charge is -2.17. The predicted octanol–water partition coefficient (Wildman–Crippen LogP) is 1.27. The van der Waals surface area contributed by atoms with Crippen LogP contribution in [0.2, 0.25) is 0 Å². The maximum Gasteiger partial charge on any atom is 0.232 e. The van der Waals surface area contributed by atoms with Crippen molar-refractivity contribution in [3.8, 4) is 0 Å². The van der Waals surface area contributed by atoms with E-state index in [9.17, 15) is 4.79 Å². The molecule has 3 N–H and O–H groups in total. The quantitative estimate of drug-likeness (QED) is 0.776. The fraction of sp³-hybridized carbons (Fsp3) is 0.714. The van der Waals surface area contributed by atoms with Crippen LogP contribution < -0.4 is 10.6 Å². The van der Waals surface area contributed by atoms with E-state index in [4.69, 9.17) is 4.74 Å². The molecule has 1 aliphatic heterocycles. The van der Waals surface area contributed by atoms with E-state index in [1.54, 1.807) is 0 Å². The van der Waals surface area contributed by atoms with E-state index in [1.807, 2.05) is 13.0 Å². The van der Waals surface area contributed by atoms with Gasteiger partial charge in [0.05, 0.1) is 19.1 Å². The smallest absolute Gasteiger partial charge is 0.232 e. The number of H-pyrrole nitrogens is 1. The second-order valence-corrected chi connectivity index (χ2v) is 6.21. The number of nitrogens with one attached hydrogen (secondary N) is 3. The Bertz CT molecular complexity index is 464. The monoisotopic (exact) mass is 280 g/mol. The van der Waals surface area contributed by atoms with Crippen molar-refractivity contribution < 1.29 is 9.53 Å². The van der Waals surface area contributed by atoms with Crippen molar-refractivity contribution in [2.24, 2.45) is 5.92 Å².